The molecule has 0 radical (unpaired) electrons. The van der Waals surface area contributed by atoms with E-state index < -0.39 is 0 Å². The highest BCUT2D eigenvalue weighted by Gasteiger charge is 2.34. The van der Waals surface area contributed by atoms with Gasteiger partial charge in [0.05, 0.1) is 16.8 Å². The predicted molar refractivity (Wildman–Crippen MR) is 108 cm³/mol. The summed E-state index contributed by atoms with van der Waals surface area (Å²) in [7, 11) is 3.72. The minimum Gasteiger partial charge on any atom is -0.399 e. The third-order valence-electron chi connectivity index (χ3n) is 4.73. The Morgan fingerprint density at radius 1 is 0.778 bits per heavy atom. The molecule has 0 saturated heterocycles. The van der Waals surface area contributed by atoms with E-state index in [9.17, 15) is 9.59 Å². The summed E-state index contributed by atoms with van der Waals surface area (Å²) in [5, 5.41) is 3.26. The number of nitrogen functional groups attached to an aromatic ring is 1. The molecular formula is C22H19N3O2. The first kappa shape index (κ1) is 16.8. The van der Waals surface area contributed by atoms with Crippen LogP contribution in [0.4, 0.5) is 22.7 Å². The molecule has 27 heavy (non-hydrogen) atoms. The van der Waals surface area contributed by atoms with Crippen LogP contribution in [0.1, 0.15) is 31.8 Å². The second-order valence-corrected chi connectivity index (χ2v) is 6.73. The molecule has 0 saturated carbocycles. The Hall–Kier alpha value is -3.60. The van der Waals surface area contributed by atoms with Crippen LogP contribution in [-0.4, -0.2) is 25.7 Å². The number of carbonyl (C=O) groups is 2. The van der Waals surface area contributed by atoms with Crippen LogP contribution in [0, 0.1) is 0 Å². The number of nitrogens with two attached hydrogens (primary N) is 1. The Morgan fingerprint density at radius 2 is 1.37 bits per heavy atom. The Morgan fingerprint density at radius 3 is 1.96 bits per heavy atom. The molecular weight excluding hydrogens is 338 g/mol. The van der Waals surface area contributed by atoms with Crippen molar-refractivity contribution in [2.24, 2.45) is 0 Å². The minimum atomic E-state index is -0.151. The van der Waals surface area contributed by atoms with Crippen LogP contribution in [0.25, 0.3) is 0 Å². The van der Waals surface area contributed by atoms with E-state index in [1.165, 1.54) is 0 Å². The van der Waals surface area contributed by atoms with E-state index >= 15 is 0 Å². The summed E-state index contributed by atoms with van der Waals surface area (Å²) in [5.74, 6) is -0.285. The lowest BCUT2D eigenvalue weighted by Crippen LogP contribution is -2.25. The van der Waals surface area contributed by atoms with Crippen LogP contribution in [0.15, 0.2) is 60.7 Å². The van der Waals surface area contributed by atoms with Gasteiger partial charge in [-0.05, 0) is 36.4 Å². The maximum atomic E-state index is 13.3. The SMILES string of the molecule is CN(C)c1ccc(Nc2ccc(N)cc2)c2c1C(=O)c1ccccc1C2=O. The fourth-order valence-electron chi connectivity index (χ4n) is 3.40. The molecule has 5 nitrogen and oxygen atoms in total. The van der Waals surface area contributed by atoms with E-state index in [1.807, 2.05) is 43.3 Å². The fourth-order valence-corrected chi connectivity index (χ4v) is 3.40. The van der Waals surface area contributed by atoms with Gasteiger partial charge < -0.3 is 16.0 Å². The number of rotatable bonds is 3. The highest BCUT2D eigenvalue weighted by molar-refractivity contribution is 6.32. The molecule has 0 aromatic heterocycles. The number of hydrogen-bond donors (Lipinski definition) is 2. The van der Waals surface area contributed by atoms with Gasteiger partial charge >= 0.3 is 0 Å². The van der Waals surface area contributed by atoms with Gasteiger partial charge in [-0.2, -0.15) is 0 Å². The number of benzene rings is 3. The molecule has 3 aromatic carbocycles. The van der Waals surface area contributed by atoms with Crippen molar-refractivity contribution < 1.29 is 9.59 Å². The van der Waals surface area contributed by atoms with Gasteiger partial charge in [-0.3, -0.25) is 9.59 Å². The number of hydrogen-bond acceptors (Lipinski definition) is 5. The van der Waals surface area contributed by atoms with Crippen molar-refractivity contribution in [2.45, 2.75) is 0 Å². The summed E-state index contributed by atoms with van der Waals surface area (Å²) in [4.78, 5) is 28.3. The largest absolute Gasteiger partial charge is 0.399 e. The Balaban J connectivity index is 1.92. The number of nitrogens with zero attached hydrogens (tertiary/aromatic N) is 1. The van der Waals surface area contributed by atoms with Crippen LogP contribution in [-0.2, 0) is 0 Å². The predicted octanol–water partition coefficient (Wildman–Crippen LogP) is 3.85. The number of fused-ring (bicyclic) bond motifs is 2. The van der Waals surface area contributed by atoms with Gasteiger partial charge in [-0.25, -0.2) is 0 Å². The third-order valence-corrected chi connectivity index (χ3v) is 4.73. The summed E-state index contributed by atoms with van der Waals surface area (Å²) in [6, 6.07) is 17.9. The minimum absolute atomic E-state index is 0.134. The zero-order valence-corrected chi connectivity index (χ0v) is 15.1. The van der Waals surface area contributed by atoms with E-state index in [0.717, 1.165) is 11.4 Å². The third kappa shape index (κ3) is 2.73. The first-order chi connectivity index (χ1) is 13.0. The normalized spacial score (nSPS) is 12.4. The van der Waals surface area contributed by atoms with Crippen LogP contribution in [0.2, 0.25) is 0 Å². The van der Waals surface area contributed by atoms with Crippen LogP contribution in [0.5, 0.6) is 0 Å². The van der Waals surface area contributed by atoms with Crippen molar-refractivity contribution >= 4 is 34.3 Å². The fraction of sp³-hybridized carbons (Fsp3) is 0.0909. The van der Waals surface area contributed by atoms with Crippen molar-refractivity contribution in [1.29, 1.82) is 0 Å². The van der Waals surface area contributed by atoms with Gasteiger partial charge in [0.15, 0.2) is 11.6 Å². The van der Waals surface area contributed by atoms with Crippen molar-refractivity contribution in [3.8, 4) is 0 Å². The summed E-state index contributed by atoms with van der Waals surface area (Å²) >= 11 is 0. The second kappa shape index (κ2) is 6.29. The van der Waals surface area contributed by atoms with E-state index in [-0.39, 0.29) is 11.6 Å². The molecule has 0 bridgehead atoms. The summed E-state index contributed by atoms with van der Waals surface area (Å²) in [5.41, 5.74) is 10.2. The molecule has 3 N–H and O–H groups in total. The molecule has 0 amide bonds. The average molecular weight is 357 g/mol. The van der Waals surface area contributed by atoms with Gasteiger partial charge in [-0.15, -0.1) is 0 Å². The standard InChI is InChI=1S/C22H19N3O2/c1-25(2)18-12-11-17(24-14-9-7-13(23)8-10-14)19-20(18)22(27)16-6-4-3-5-15(16)21(19)26/h3-12,24H,23H2,1-2H3. The van der Waals surface area contributed by atoms with Gasteiger partial charge in [0, 0.05) is 42.3 Å². The first-order valence-electron chi connectivity index (χ1n) is 8.62. The van der Waals surface area contributed by atoms with E-state index in [0.29, 0.717) is 33.6 Å². The van der Waals surface area contributed by atoms with E-state index in [1.54, 1.807) is 36.4 Å². The quantitative estimate of drug-likeness (QED) is 0.545. The van der Waals surface area contributed by atoms with Crippen molar-refractivity contribution in [3.63, 3.8) is 0 Å². The van der Waals surface area contributed by atoms with E-state index in [4.69, 9.17) is 5.73 Å². The lowest BCUT2D eigenvalue weighted by atomic mass is 9.82. The summed E-state index contributed by atoms with van der Waals surface area (Å²) < 4.78 is 0. The number of anilines is 4. The number of ketones is 2. The smallest absolute Gasteiger partial charge is 0.196 e. The molecule has 0 spiro atoms. The molecule has 0 atom stereocenters. The van der Waals surface area contributed by atoms with Crippen molar-refractivity contribution in [2.75, 3.05) is 30.0 Å². The zero-order chi connectivity index (χ0) is 19.1. The number of carbonyl (C=O) groups excluding carboxylic acids is 2. The lowest BCUT2D eigenvalue weighted by molar-refractivity contribution is 0.0980. The maximum Gasteiger partial charge on any atom is 0.196 e. The Kier molecular flexibility index (Phi) is 3.92. The van der Waals surface area contributed by atoms with Crippen molar-refractivity contribution in [1.82, 2.24) is 0 Å². The van der Waals surface area contributed by atoms with E-state index in [2.05, 4.69) is 5.32 Å². The summed E-state index contributed by atoms with van der Waals surface area (Å²) in [6.07, 6.45) is 0. The molecule has 0 aliphatic heterocycles. The zero-order valence-electron chi connectivity index (χ0n) is 15.1. The van der Waals surface area contributed by atoms with Gasteiger partial charge in [-0.1, -0.05) is 24.3 Å². The lowest BCUT2D eigenvalue weighted by Gasteiger charge is -2.26. The molecule has 0 heterocycles. The molecule has 1 aliphatic rings. The second-order valence-electron chi connectivity index (χ2n) is 6.73. The topological polar surface area (TPSA) is 75.4 Å². The monoisotopic (exact) mass is 357 g/mol. The molecule has 134 valence electrons. The van der Waals surface area contributed by atoms with Crippen LogP contribution >= 0.6 is 0 Å². The van der Waals surface area contributed by atoms with Crippen LogP contribution in [0.3, 0.4) is 0 Å². The molecule has 0 unspecified atom stereocenters. The molecule has 5 heteroatoms. The molecule has 1 aliphatic carbocycles. The highest BCUT2D eigenvalue weighted by Crippen LogP contribution is 2.38. The average Bonchev–Trinajstić information content (AvgIpc) is 2.67. The van der Waals surface area contributed by atoms with Crippen LogP contribution < -0.4 is 16.0 Å². The summed E-state index contributed by atoms with van der Waals surface area (Å²) in [6.45, 7) is 0. The molecule has 4 rings (SSSR count). The Bertz CT molecular complexity index is 1070. The maximum absolute atomic E-state index is 13.3. The van der Waals surface area contributed by atoms with Gasteiger partial charge in [0.2, 0.25) is 0 Å². The Labute approximate surface area is 157 Å². The van der Waals surface area contributed by atoms with Gasteiger partial charge in [0.1, 0.15) is 0 Å². The number of nitrogens with one attached hydrogen (secondary N) is 1. The van der Waals surface area contributed by atoms with Gasteiger partial charge in [0.25, 0.3) is 0 Å². The van der Waals surface area contributed by atoms with Crippen molar-refractivity contribution in [3.05, 3.63) is 82.9 Å². The molecule has 3 aromatic rings. The highest BCUT2D eigenvalue weighted by atomic mass is 16.1. The molecule has 0 fully saturated rings. The first-order valence-corrected chi connectivity index (χ1v) is 8.62.